The number of fused-ring (bicyclic) bond motifs is 1. The van der Waals surface area contributed by atoms with E-state index in [1.807, 2.05) is 18.3 Å². The molecule has 3 heterocycles. The van der Waals surface area contributed by atoms with Crippen molar-refractivity contribution in [2.45, 2.75) is 25.3 Å². The first kappa shape index (κ1) is 9.59. The van der Waals surface area contributed by atoms with E-state index in [-0.39, 0.29) is 6.04 Å². The molecule has 1 saturated heterocycles. The molecule has 0 aromatic carbocycles. The van der Waals surface area contributed by atoms with Crippen LogP contribution in [0.3, 0.4) is 0 Å². The van der Waals surface area contributed by atoms with Crippen molar-refractivity contribution < 1.29 is 0 Å². The van der Waals surface area contributed by atoms with Crippen molar-refractivity contribution in [3.63, 3.8) is 0 Å². The molecule has 1 unspecified atom stereocenters. The van der Waals surface area contributed by atoms with E-state index in [9.17, 15) is 0 Å². The fraction of sp³-hybridized carbons (Fsp3) is 0.455. The van der Waals surface area contributed by atoms with Crippen molar-refractivity contribution in [1.29, 1.82) is 0 Å². The zero-order valence-corrected chi connectivity index (χ0v) is 9.06. The molecule has 0 radical (unpaired) electrons. The van der Waals surface area contributed by atoms with E-state index < -0.39 is 0 Å². The number of hydrogen-bond acceptors (Lipinski definition) is 4. The van der Waals surface area contributed by atoms with Crippen molar-refractivity contribution in [3.05, 3.63) is 24.2 Å². The first-order valence-electron chi connectivity index (χ1n) is 5.69. The first-order valence-corrected chi connectivity index (χ1v) is 5.69. The normalized spacial score (nSPS) is 21.4. The Labute approximate surface area is 93.7 Å². The third kappa shape index (κ3) is 1.53. The quantitative estimate of drug-likeness (QED) is 0.751. The van der Waals surface area contributed by atoms with Crippen LogP contribution in [0.25, 0.3) is 5.65 Å². The summed E-state index contributed by atoms with van der Waals surface area (Å²) < 4.78 is 1.75. The summed E-state index contributed by atoms with van der Waals surface area (Å²) in [5.41, 5.74) is 7.29. The number of nitrogens with two attached hydrogens (primary N) is 1. The number of pyridine rings is 1. The van der Waals surface area contributed by atoms with Crippen LogP contribution >= 0.6 is 0 Å². The van der Waals surface area contributed by atoms with E-state index in [4.69, 9.17) is 5.73 Å². The Kier molecular flexibility index (Phi) is 2.25. The highest BCUT2D eigenvalue weighted by Gasteiger charge is 2.19. The van der Waals surface area contributed by atoms with Gasteiger partial charge in [-0.25, -0.2) is 9.50 Å². The zero-order valence-electron chi connectivity index (χ0n) is 9.06. The summed E-state index contributed by atoms with van der Waals surface area (Å²) in [6.45, 7) is 1.05. The molecule has 0 aliphatic carbocycles. The molecule has 0 saturated carbocycles. The molecule has 16 heavy (non-hydrogen) atoms. The maximum absolute atomic E-state index is 5.86. The lowest BCUT2D eigenvalue weighted by Gasteiger charge is -2.20. The highest BCUT2D eigenvalue weighted by molar-refractivity contribution is 5.63. The lowest BCUT2D eigenvalue weighted by molar-refractivity contribution is 0.397. The van der Waals surface area contributed by atoms with Gasteiger partial charge in [-0.3, -0.25) is 0 Å². The molecule has 1 aliphatic heterocycles. The molecule has 5 nitrogen and oxygen atoms in total. The average molecular weight is 217 g/mol. The Morgan fingerprint density at radius 2 is 2.38 bits per heavy atom. The Balaban J connectivity index is 2.01. The van der Waals surface area contributed by atoms with Gasteiger partial charge in [0.1, 0.15) is 0 Å². The largest absolute Gasteiger partial charge is 0.396 e. The van der Waals surface area contributed by atoms with E-state index in [1.165, 1.54) is 12.8 Å². The summed E-state index contributed by atoms with van der Waals surface area (Å²) in [5.74, 6) is 0.859. The maximum atomic E-state index is 5.86. The molecule has 3 rings (SSSR count). The number of piperidine rings is 1. The van der Waals surface area contributed by atoms with Crippen LogP contribution in [0.4, 0.5) is 5.69 Å². The van der Waals surface area contributed by atoms with Crippen molar-refractivity contribution in [1.82, 2.24) is 19.9 Å². The molecular formula is C11H15N5. The first-order chi connectivity index (χ1) is 7.84. The Bertz CT molecular complexity index is 498. The van der Waals surface area contributed by atoms with Crippen LogP contribution in [0.15, 0.2) is 18.3 Å². The van der Waals surface area contributed by atoms with Gasteiger partial charge >= 0.3 is 0 Å². The van der Waals surface area contributed by atoms with E-state index in [2.05, 4.69) is 15.4 Å². The van der Waals surface area contributed by atoms with Crippen LogP contribution in [-0.2, 0) is 0 Å². The van der Waals surface area contributed by atoms with Crippen LogP contribution in [0, 0.1) is 0 Å². The number of hydrogen-bond donors (Lipinski definition) is 2. The third-order valence-corrected chi connectivity index (χ3v) is 3.03. The molecule has 1 atom stereocenters. The van der Waals surface area contributed by atoms with Gasteiger partial charge in [-0.05, 0) is 31.5 Å². The predicted octanol–water partition coefficient (Wildman–Crippen LogP) is 1.13. The summed E-state index contributed by atoms with van der Waals surface area (Å²) >= 11 is 0. The molecule has 3 N–H and O–H groups in total. The monoisotopic (exact) mass is 217 g/mol. The van der Waals surface area contributed by atoms with Crippen LogP contribution in [0.5, 0.6) is 0 Å². The summed E-state index contributed by atoms with van der Waals surface area (Å²) in [6, 6.07) is 4.02. The standard InChI is InChI=1S/C11H15N5/c12-8-4-3-7-16-11(8)14-10(15-16)9-5-1-2-6-13-9/h3-4,7,9,13H,1-2,5-6,12H2. The van der Waals surface area contributed by atoms with Crippen molar-refractivity contribution in [2.75, 3.05) is 12.3 Å². The fourth-order valence-electron chi connectivity index (χ4n) is 2.16. The average Bonchev–Trinajstić information content (AvgIpc) is 2.76. The topological polar surface area (TPSA) is 68.2 Å². The molecule has 84 valence electrons. The fourth-order valence-corrected chi connectivity index (χ4v) is 2.16. The minimum absolute atomic E-state index is 0.285. The minimum Gasteiger partial charge on any atom is -0.396 e. The molecule has 0 spiro atoms. The SMILES string of the molecule is Nc1cccn2nc(C3CCCCN3)nc12. The zero-order chi connectivity index (χ0) is 11.0. The Morgan fingerprint density at radius 3 is 3.12 bits per heavy atom. The van der Waals surface area contributed by atoms with Gasteiger partial charge in [-0.2, -0.15) is 0 Å². The van der Waals surface area contributed by atoms with E-state index in [0.717, 1.165) is 24.4 Å². The molecule has 0 bridgehead atoms. The second kappa shape index (κ2) is 3.75. The lowest BCUT2D eigenvalue weighted by atomic mass is 10.0. The van der Waals surface area contributed by atoms with Gasteiger partial charge in [-0.1, -0.05) is 6.42 Å². The van der Waals surface area contributed by atoms with E-state index in [0.29, 0.717) is 5.69 Å². The number of rotatable bonds is 1. The van der Waals surface area contributed by atoms with Gasteiger partial charge in [-0.15, -0.1) is 5.10 Å². The van der Waals surface area contributed by atoms with E-state index >= 15 is 0 Å². The van der Waals surface area contributed by atoms with Crippen molar-refractivity contribution in [2.24, 2.45) is 0 Å². The summed E-state index contributed by atoms with van der Waals surface area (Å²) in [7, 11) is 0. The number of aromatic nitrogens is 3. The minimum atomic E-state index is 0.285. The third-order valence-electron chi connectivity index (χ3n) is 3.03. The lowest BCUT2D eigenvalue weighted by Crippen LogP contribution is -2.27. The molecular weight excluding hydrogens is 202 g/mol. The van der Waals surface area contributed by atoms with Crippen LogP contribution < -0.4 is 11.1 Å². The molecule has 1 fully saturated rings. The van der Waals surface area contributed by atoms with Crippen molar-refractivity contribution in [3.8, 4) is 0 Å². The van der Waals surface area contributed by atoms with Crippen LogP contribution in [0.1, 0.15) is 31.1 Å². The molecule has 2 aromatic heterocycles. The maximum Gasteiger partial charge on any atom is 0.178 e. The Hall–Kier alpha value is -1.62. The second-order valence-corrected chi connectivity index (χ2v) is 4.20. The highest BCUT2D eigenvalue weighted by Crippen LogP contribution is 2.21. The second-order valence-electron chi connectivity index (χ2n) is 4.20. The summed E-state index contributed by atoms with van der Waals surface area (Å²) in [5, 5.41) is 7.90. The number of nitrogen functional groups attached to an aromatic ring is 1. The smallest absolute Gasteiger partial charge is 0.178 e. The van der Waals surface area contributed by atoms with Gasteiger partial charge in [0.05, 0.1) is 11.7 Å². The van der Waals surface area contributed by atoms with Gasteiger partial charge in [0.2, 0.25) is 0 Å². The molecule has 1 aliphatic rings. The number of anilines is 1. The molecule has 0 amide bonds. The van der Waals surface area contributed by atoms with Gasteiger partial charge in [0.15, 0.2) is 11.5 Å². The van der Waals surface area contributed by atoms with Crippen LogP contribution in [-0.4, -0.2) is 21.1 Å². The summed E-state index contributed by atoms with van der Waals surface area (Å²) in [6.07, 6.45) is 5.47. The molecule has 5 heteroatoms. The number of nitrogens with zero attached hydrogens (tertiary/aromatic N) is 3. The van der Waals surface area contributed by atoms with Gasteiger partial charge in [0, 0.05) is 6.20 Å². The van der Waals surface area contributed by atoms with E-state index in [1.54, 1.807) is 4.52 Å². The molecule has 2 aromatic rings. The van der Waals surface area contributed by atoms with Gasteiger partial charge < -0.3 is 11.1 Å². The highest BCUT2D eigenvalue weighted by atomic mass is 15.3. The van der Waals surface area contributed by atoms with Gasteiger partial charge in [0.25, 0.3) is 0 Å². The van der Waals surface area contributed by atoms with Crippen molar-refractivity contribution >= 4 is 11.3 Å². The Morgan fingerprint density at radius 1 is 1.44 bits per heavy atom. The summed E-state index contributed by atoms with van der Waals surface area (Å²) in [4.78, 5) is 4.50. The predicted molar refractivity (Wildman–Crippen MR) is 62.0 cm³/mol. The van der Waals surface area contributed by atoms with Crippen LogP contribution in [0.2, 0.25) is 0 Å². The number of nitrogens with one attached hydrogen (secondary N) is 1.